The maximum atomic E-state index is 5.64. The number of ether oxygens (including phenoxy) is 1. The smallest absolute Gasteiger partial charge is 0.144 e. The SMILES string of the molecule is CC1CC(Nc2cnccn2)C(C)O1. The lowest BCUT2D eigenvalue weighted by Crippen LogP contribution is -2.27. The van der Waals surface area contributed by atoms with Crippen LogP contribution in [0.15, 0.2) is 18.6 Å². The largest absolute Gasteiger partial charge is 0.373 e. The third-order valence-electron chi connectivity index (χ3n) is 2.50. The first kappa shape index (κ1) is 9.40. The van der Waals surface area contributed by atoms with Gasteiger partial charge in [0.1, 0.15) is 5.82 Å². The first-order valence-electron chi connectivity index (χ1n) is 4.93. The van der Waals surface area contributed by atoms with E-state index in [2.05, 4.69) is 29.1 Å². The highest BCUT2D eigenvalue weighted by molar-refractivity contribution is 5.32. The molecule has 1 aliphatic rings. The van der Waals surface area contributed by atoms with Crippen molar-refractivity contribution < 1.29 is 4.74 Å². The van der Waals surface area contributed by atoms with E-state index in [-0.39, 0.29) is 6.10 Å². The molecule has 1 N–H and O–H groups in total. The molecule has 1 fully saturated rings. The highest BCUT2D eigenvalue weighted by Gasteiger charge is 2.29. The quantitative estimate of drug-likeness (QED) is 0.772. The second kappa shape index (κ2) is 3.92. The Hall–Kier alpha value is -1.16. The van der Waals surface area contributed by atoms with Crippen LogP contribution in [0.1, 0.15) is 20.3 Å². The molecule has 0 spiro atoms. The zero-order chi connectivity index (χ0) is 9.97. The summed E-state index contributed by atoms with van der Waals surface area (Å²) in [5, 5.41) is 3.32. The zero-order valence-corrected chi connectivity index (χ0v) is 8.47. The summed E-state index contributed by atoms with van der Waals surface area (Å²) >= 11 is 0. The molecule has 0 amide bonds. The van der Waals surface area contributed by atoms with Gasteiger partial charge in [-0.1, -0.05) is 0 Å². The van der Waals surface area contributed by atoms with Gasteiger partial charge in [0.25, 0.3) is 0 Å². The lowest BCUT2D eigenvalue weighted by Gasteiger charge is -2.15. The van der Waals surface area contributed by atoms with Gasteiger partial charge in [0, 0.05) is 12.4 Å². The minimum Gasteiger partial charge on any atom is -0.373 e. The van der Waals surface area contributed by atoms with Gasteiger partial charge >= 0.3 is 0 Å². The van der Waals surface area contributed by atoms with E-state index in [1.165, 1.54) is 0 Å². The first-order valence-corrected chi connectivity index (χ1v) is 4.93. The van der Waals surface area contributed by atoms with Crippen LogP contribution in [0.2, 0.25) is 0 Å². The van der Waals surface area contributed by atoms with Crippen LogP contribution in [0.5, 0.6) is 0 Å². The summed E-state index contributed by atoms with van der Waals surface area (Å²) < 4.78 is 5.64. The Labute approximate surface area is 83.7 Å². The second-order valence-electron chi connectivity index (χ2n) is 3.73. The number of anilines is 1. The van der Waals surface area contributed by atoms with Crippen LogP contribution in [0.4, 0.5) is 5.82 Å². The Morgan fingerprint density at radius 3 is 2.86 bits per heavy atom. The number of hydrogen-bond acceptors (Lipinski definition) is 4. The van der Waals surface area contributed by atoms with E-state index >= 15 is 0 Å². The summed E-state index contributed by atoms with van der Waals surface area (Å²) in [5.74, 6) is 0.821. The zero-order valence-electron chi connectivity index (χ0n) is 8.47. The number of rotatable bonds is 2. The molecular formula is C10H15N3O. The van der Waals surface area contributed by atoms with E-state index in [1.807, 2.05) is 0 Å². The number of hydrogen-bond donors (Lipinski definition) is 1. The lowest BCUT2D eigenvalue weighted by molar-refractivity contribution is 0.0650. The molecule has 2 rings (SSSR count). The van der Waals surface area contributed by atoms with E-state index in [0.29, 0.717) is 12.1 Å². The van der Waals surface area contributed by atoms with E-state index < -0.39 is 0 Å². The third kappa shape index (κ3) is 2.01. The molecule has 1 aromatic heterocycles. The van der Waals surface area contributed by atoms with Gasteiger partial charge in [-0.2, -0.15) is 0 Å². The van der Waals surface area contributed by atoms with Gasteiger partial charge in [-0.05, 0) is 20.3 Å². The van der Waals surface area contributed by atoms with Crippen LogP contribution in [-0.4, -0.2) is 28.2 Å². The molecule has 4 nitrogen and oxygen atoms in total. The van der Waals surface area contributed by atoms with Crippen molar-refractivity contribution in [2.75, 3.05) is 5.32 Å². The average Bonchev–Trinajstić information content (AvgIpc) is 2.47. The predicted molar refractivity (Wildman–Crippen MR) is 54.1 cm³/mol. The fraction of sp³-hybridized carbons (Fsp3) is 0.600. The summed E-state index contributed by atoms with van der Waals surface area (Å²) in [6, 6.07) is 0.349. The molecular weight excluding hydrogens is 178 g/mol. The molecule has 1 aromatic rings. The minimum atomic E-state index is 0.243. The van der Waals surface area contributed by atoms with Gasteiger partial charge in [0.05, 0.1) is 24.4 Å². The standard InChI is InChI=1S/C10H15N3O/c1-7-5-9(8(2)14-7)13-10-6-11-3-4-12-10/h3-4,6-9H,5H2,1-2H3,(H,12,13). The van der Waals surface area contributed by atoms with E-state index in [4.69, 9.17) is 4.74 Å². The Kier molecular flexibility index (Phi) is 2.63. The molecule has 0 radical (unpaired) electrons. The highest BCUT2D eigenvalue weighted by atomic mass is 16.5. The Morgan fingerprint density at radius 1 is 1.43 bits per heavy atom. The van der Waals surface area contributed by atoms with Crippen LogP contribution in [0, 0.1) is 0 Å². The van der Waals surface area contributed by atoms with E-state index in [1.54, 1.807) is 18.6 Å². The van der Waals surface area contributed by atoms with E-state index in [0.717, 1.165) is 12.2 Å². The molecule has 0 saturated carbocycles. The molecule has 2 heterocycles. The van der Waals surface area contributed by atoms with Crippen molar-refractivity contribution in [1.29, 1.82) is 0 Å². The van der Waals surface area contributed by atoms with Crippen LogP contribution in [-0.2, 0) is 4.74 Å². The molecule has 3 atom stereocenters. The van der Waals surface area contributed by atoms with Crippen molar-refractivity contribution in [1.82, 2.24) is 9.97 Å². The lowest BCUT2D eigenvalue weighted by atomic mass is 10.1. The molecule has 3 unspecified atom stereocenters. The number of aromatic nitrogens is 2. The molecule has 1 saturated heterocycles. The molecule has 76 valence electrons. The average molecular weight is 193 g/mol. The molecule has 0 bridgehead atoms. The summed E-state index contributed by atoms with van der Waals surface area (Å²) in [6.45, 7) is 4.17. The Morgan fingerprint density at radius 2 is 2.29 bits per heavy atom. The van der Waals surface area contributed by atoms with Gasteiger partial charge in [-0.25, -0.2) is 4.98 Å². The van der Waals surface area contributed by atoms with Gasteiger partial charge < -0.3 is 10.1 Å². The molecule has 14 heavy (non-hydrogen) atoms. The van der Waals surface area contributed by atoms with Crippen LogP contribution >= 0.6 is 0 Å². The maximum Gasteiger partial charge on any atom is 0.144 e. The van der Waals surface area contributed by atoms with Crippen LogP contribution in [0.3, 0.4) is 0 Å². The summed E-state index contributed by atoms with van der Waals surface area (Å²) in [4.78, 5) is 8.18. The topological polar surface area (TPSA) is 47.0 Å². The molecule has 4 heteroatoms. The third-order valence-corrected chi connectivity index (χ3v) is 2.50. The Balaban J connectivity index is 1.98. The number of nitrogens with zero attached hydrogens (tertiary/aromatic N) is 2. The summed E-state index contributed by atoms with van der Waals surface area (Å²) in [6.07, 6.45) is 6.69. The first-order chi connectivity index (χ1) is 6.75. The molecule has 0 aliphatic carbocycles. The molecule has 0 aromatic carbocycles. The number of nitrogens with one attached hydrogen (secondary N) is 1. The normalized spacial score (nSPS) is 31.7. The van der Waals surface area contributed by atoms with Crippen molar-refractivity contribution in [3.8, 4) is 0 Å². The molecule has 1 aliphatic heterocycles. The fourth-order valence-electron chi connectivity index (χ4n) is 1.81. The highest BCUT2D eigenvalue weighted by Crippen LogP contribution is 2.22. The van der Waals surface area contributed by atoms with E-state index in [9.17, 15) is 0 Å². The van der Waals surface area contributed by atoms with Crippen molar-refractivity contribution in [2.45, 2.75) is 38.5 Å². The van der Waals surface area contributed by atoms with Crippen LogP contribution < -0.4 is 5.32 Å². The van der Waals surface area contributed by atoms with Crippen molar-refractivity contribution in [2.24, 2.45) is 0 Å². The van der Waals surface area contributed by atoms with Gasteiger partial charge in [0.15, 0.2) is 0 Å². The fourth-order valence-corrected chi connectivity index (χ4v) is 1.81. The van der Waals surface area contributed by atoms with Crippen molar-refractivity contribution in [3.63, 3.8) is 0 Å². The maximum absolute atomic E-state index is 5.64. The van der Waals surface area contributed by atoms with Crippen molar-refractivity contribution >= 4 is 5.82 Å². The summed E-state index contributed by atoms with van der Waals surface area (Å²) in [5.41, 5.74) is 0. The van der Waals surface area contributed by atoms with Crippen LogP contribution in [0.25, 0.3) is 0 Å². The van der Waals surface area contributed by atoms with Gasteiger partial charge in [0.2, 0.25) is 0 Å². The minimum absolute atomic E-state index is 0.243. The predicted octanol–water partition coefficient (Wildman–Crippen LogP) is 1.45. The second-order valence-corrected chi connectivity index (χ2v) is 3.73. The van der Waals surface area contributed by atoms with Crippen molar-refractivity contribution in [3.05, 3.63) is 18.6 Å². The van der Waals surface area contributed by atoms with Gasteiger partial charge in [-0.3, -0.25) is 4.98 Å². The monoisotopic (exact) mass is 193 g/mol. The van der Waals surface area contributed by atoms with Gasteiger partial charge in [-0.15, -0.1) is 0 Å². The summed E-state index contributed by atoms with van der Waals surface area (Å²) in [7, 11) is 0. The Bertz CT molecular complexity index is 291.